The van der Waals surface area contributed by atoms with E-state index < -0.39 is 23.4 Å². The van der Waals surface area contributed by atoms with Crippen molar-refractivity contribution in [2.75, 3.05) is 0 Å². The third-order valence-corrected chi connectivity index (χ3v) is 4.35. The van der Waals surface area contributed by atoms with Crippen molar-refractivity contribution in [1.29, 1.82) is 0 Å². The van der Waals surface area contributed by atoms with Gasteiger partial charge in [-0.15, -0.1) is 0 Å². The molecule has 0 radical (unpaired) electrons. The van der Waals surface area contributed by atoms with Gasteiger partial charge in [-0.2, -0.15) is 0 Å². The average molecular weight is 334 g/mol. The Labute approximate surface area is 138 Å². The first-order valence-corrected chi connectivity index (χ1v) is 7.83. The molecule has 0 saturated heterocycles. The highest BCUT2D eigenvalue weighted by Gasteiger charge is 2.28. The van der Waals surface area contributed by atoms with Crippen molar-refractivity contribution in [1.82, 2.24) is 0 Å². The third kappa shape index (κ3) is 2.90. The van der Waals surface area contributed by atoms with Crippen LogP contribution in [0.5, 0.6) is 0 Å². The first kappa shape index (κ1) is 16.6. The van der Waals surface area contributed by atoms with E-state index in [1.807, 2.05) is 0 Å². The highest BCUT2D eigenvalue weighted by atomic mass is 19.2. The number of hydrogen-bond donors (Lipinski definition) is 0. The van der Waals surface area contributed by atoms with Gasteiger partial charge in [-0.05, 0) is 48.9 Å². The lowest BCUT2D eigenvalue weighted by atomic mass is 9.94. The van der Waals surface area contributed by atoms with Crippen LogP contribution in [0.15, 0.2) is 24.3 Å². The van der Waals surface area contributed by atoms with E-state index >= 15 is 0 Å². The number of fused-ring (bicyclic) bond motifs is 1. The largest absolute Gasteiger partial charge is 0.459 e. The Hall–Kier alpha value is -2.30. The van der Waals surface area contributed by atoms with Crippen LogP contribution in [-0.2, 0) is 24.0 Å². The van der Waals surface area contributed by atoms with E-state index in [1.165, 1.54) is 19.1 Å². The Morgan fingerprint density at radius 2 is 1.62 bits per heavy atom. The molecule has 5 heteroatoms. The van der Waals surface area contributed by atoms with Crippen molar-refractivity contribution >= 4 is 5.97 Å². The summed E-state index contributed by atoms with van der Waals surface area (Å²) in [5.74, 6) is -3.08. The van der Waals surface area contributed by atoms with Crippen molar-refractivity contribution in [3.05, 3.63) is 69.5 Å². The van der Waals surface area contributed by atoms with Crippen LogP contribution in [0.25, 0.3) is 0 Å². The van der Waals surface area contributed by atoms with Crippen LogP contribution in [0, 0.1) is 24.4 Å². The van der Waals surface area contributed by atoms with Crippen molar-refractivity contribution in [3.8, 4) is 0 Å². The Kier molecular flexibility index (Phi) is 4.35. The number of hydrogen-bond acceptors (Lipinski definition) is 2. The van der Waals surface area contributed by atoms with E-state index in [0.29, 0.717) is 17.5 Å². The van der Waals surface area contributed by atoms with Crippen molar-refractivity contribution in [3.63, 3.8) is 0 Å². The number of halogens is 3. The van der Waals surface area contributed by atoms with Crippen LogP contribution >= 0.6 is 0 Å². The molecule has 0 aliphatic carbocycles. The molecule has 2 aromatic rings. The lowest BCUT2D eigenvalue weighted by Gasteiger charge is -2.23. The lowest BCUT2D eigenvalue weighted by molar-refractivity contribution is 0.0294. The average Bonchev–Trinajstić information content (AvgIpc) is 2.53. The fourth-order valence-electron chi connectivity index (χ4n) is 2.98. The Morgan fingerprint density at radius 1 is 1.00 bits per heavy atom. The van der Waals surface area contributed by atoms with Crippen LogP contribution in [0.3, 0.4) is 0 Å². The summed E-state index contributed by atoms with van der Waals surface area (Å²) in [4.78, 5) is 11.9. The van der Waals surface area contributed by atoms with Gasteiger partial charge in [0, 0.05) is 6.42 Å². The molecule has 2 aromatic carbocycles. The zero-order chi connectivity index (χ0) is 17.4. The van der Waals surface area contributed by atoms with Crippen LogP contribution in [0.2, 0.25) is 0 Å². The van der Waals surface area contributed by atoms with Gasteiger partial charge < -0.3 is 4.74 Å². The molecule has 0 bridgehead atoms. The fourth-order valence-corrected chi connectivity index (χ4v) is 2.98. The minimum absolute atomic E-state index is 0.0406. The van der Waals surface area contributed by atoms with E-state index in [9.17, 15) is 18.0 Å². The number of esters is 1. The van der Waals surface area contributed by atoms with Crippen LogP contribution in [0.4, 0.5) is 13.2 Å². The molecule has 2 nitrogen and oxygen atoms in total. The van der Waals surface area contributed by atoms with E-state index in [-0.39, 0.29) is 35.6 Å². The van der Waals surface area contributed by atoms with E-state index in [1.54, 1.807) is 19.1 Å². The number of benzene rings is 2. The highest BCUT2D eigenvalue weighted by molar-refractivity contribution is 5.92. The molecular formula is C19H17F3O2. The predicted molar refractivity (Wildman–Crippen MR) is 83.5 cm³/mol. The second kappa shape index (κ2) is 6.30. The second-order valence-corrected chi connectivity index (χ2v) is 6.16. The molecule has 1 heterocycles. The predicted octanol–water partition coefficient (Wildman–Crippen LogP) is 4.30. The van der Waals surface area contributed by atoms with Gasteiger partial charge in [0.05, 0.1) is 5.56 Å². The summed E-state index contributed by atoms with van der Waals surface area (Å²) in [6, 6.07) is 6.30. The smallest absolute Gasteiger partial charge is 0.341 e. The number of cyclic esters (lactones) is 1. The Bertz CT molecular complexity index is 815. The van der Waals surface area contributed by atoms with Crippen LogP contribution in [0.1, 0.15) is 39.5 Å². The number of aryl methyl sites for hydroxylation is 3. The van der Waals surface area contributed by atoms with Gasteiger partial charge in [-0.3, -0.25) is 0 Å². The maximum absolute atomic E-state index is 14.6. The molecule has 126 valence electrons. The van der Waals surface area contributed by atoms with Crippen molar-refractivity contribution < 1.29 is 22.7 Å². The van der Waals surface area contributed by atoms with Crippen LogP contribution < -0.4 is 0 Å². The summed E-state index contributed by atoms with van der Waals surface area (Å²) in [5.41, 5.74) is 1.29. The van der Waals surface area contributed by atoms with Gasteiger partial charge in [0.15, 0.2) is 11.6 Å². The molecule has 1 aliphatic rings. The topological polar surface area (TPSA) is 26.3 Å². The Balaban J connectivity index is 1.86. The molecule has 1 atom stereocenters. The summed E-state index contributed by atoms with van der Waals surface area (Å²) < 4.78 is 47.2. The summed E-state index contributed by atoms with van der Waals surface area (Å²) in [5, 5.41) is 0. The third-order valence-electron chi connectivity index (χ3n) is 4.35. The molecule has 0 amide bonds. The van der Waals surface area contributed by atoms with Gasteiger partial charge in [0.25, 0.3) is 0 Å². The molecule has 1 aliphatic heterocycles. The lowest BCUT2D eigenvalue weighted by Crippen LogP contribution is -2.26. The normalized spacial score (nSPS) is 16.7. The minimum Gasteiger partial charge on any atom is -0.459 e. The summed E-state index contributed by atoms with van der Waals surface area (Å²) in [6.45, 7) is 3.24. The van der Waals surface area contributed by atoms with E-state index in [2.05, 4.69) is 0 Å². The molecule has 0 aromatic heterocycles. The number of carbonyl (C=O) groups is 1. The van der Waals surface area contributed by atoms with E-state index in [0.717, 1.165) is 0 Å². The molecule has 3 rings (SSSR count). The molecular weight excluding hydrogens is 317 g/mol. The standard InChI is InChI=1S/C19H17F3O2/c1-10-3-4-13(18(22)16(10)20)6-5-12-7-8-14-9-11(2)24-19(23)15(14)17(12)21/h3-4,7-8,11H,5-6,9H2,1-2H3. The van der Waals surface area contributed by atoms with Crippen molar-refractivity contribution in [2.24, 2.45) is 0 Å². The van der Waals surface area contributed by atoms with Crippen molar-refractivity contribution in [2.45, 2.75) is 39.2 Å². The molecule has 0 saturated carbocycles. The number of carbonyl (C=O) groups excluding carboxylic acids is 1. The molecule has 0 fully saturated rings. The van der Waals surface area contributed by atoms with E-state index in [4.69, 9.17) is 4.74 Å². The summed E-state index contributed by atoms with van der Waals surface area (Å²) >= 11 is 0. The maximum Gasteiger partial charge on any atom is 0.341 e. The summed E-state index contributed by atoms with van der Waals surface area (Å²) in [6.07, 6.45) is 0.502. The van der Waals surface area contributed by atoms with Gasteiger partial charge >= 0.3 is 5.97 Å². The summed E-state index contributed by atoms with van der Waals surface area (Å²) in [7, 11) is 0. The quantitative estimate of drug-likeness (QED) is 0.783. The zero-order valence-electron chi connectivity index (χ0n) is 13.5. The molecule has 0 spiro atoms. The highest BCUT2D eigenvalue weighted by Crippen LogP contribution is 2.26. The van der Waals surface area contributed by atoms with Gasteiger partial charge in [0.1, 0.15) is 11.9 Å². The molecule has 1 unspecified atom stereocenters. The molecule has 24 heavy (non-hydrogen) atoms. The first-order chi connectivity index (χ1) is 11.4. The first-order valence-electron chi connectivity index (χ1n) is 7.83. The maximum atomic E-state index is 14.6. The Morgan fingerprint density at radius 3 is 2.33 bits per heavy atom. The number of rotatable bonds is 3. The minimum atomic E-state index is -0.901. The monoisotopic (exact) mass is 334 g/mol. The molecule has 0 N–H and O–H groups in total. The SMILES string of the molecule is Cc1ccc(CCc2ccc3c(c2F)C(=O)OC(C)C3)c(F)c1F. The van der Waals surface area contributed by atoms with Crippen LogP contribution in [-0.4, -0.2) is 12.1 Å². The second-order valence-electron chi connectivity index (χ2n) is 6.16. The zero-order valence-corrected chi connectivity index (χ0v) is 13.5. The number of ether oxygens (including phenoxy) is 1. The van der Waals surface area contributed by atoms with Gasteiger partial charge in [-0.1, -0.05) is 24.3 Å². The fraction of sp³-hybridized carbons (Fsp3) is 0.316. The van der Waals surface area contributed by atoms with Gasteiger partial charge in [0.2, 0.25) is 0 Å². The van der Waals surface area contributed by atoms with Gasteiger partial charge in [-0.25, -0.2) is 18.0 Å².